The highest BCUT2D eigenvalue weighted by Gasteiger charge is 2.42. The van der Waals surface area contributed by atoms with Gasteiger partial charge >= 0.3 is 0 Å². The molecule has 2 bridgehead atoms. The minimum absolute atomic E-state index is 0.00539. The van der Waals surface area contributed by atoms with E-state index in [9.17, 15) is 4.79 Å². The predicted molar refractivity (Wildman–Crippen MR) is 135 cm³/mol. The Kier molecular flexibility index (Phi) is 5.83. The van der Waals surface area contributed by atoms with Gasteiger partial charge in [-0.05, 0) is 79.7 Å². The molecule has 166 valence electrons. The number of pyridine rings is 1. The monoisotopic (exact) mass is 490 g/mol. The van der Waals surface area contributed by atoms with Crippen LogP contribution in [0.3, 0.4) is 0 Å². The van der Waals surface area contributed by atoms with E-state index in [0.29, 0.717) is 17.4 Å². The number of amides is 1. The summed E-state index contributed by atoms with van der Waals surface area (Å²) in [7, 11) is 0. The van der Waals surface area contributed by atoms with Crippen molar-refractivity contribution in [3.05, 3.63) is 64.1 Å². The van der Waals surface area contributed by atoms with Gasteiger partial charge in [-0.3, -0.25) is 4.79 Å². The van der Waals surface area contributed by atoms with Crippen molar-refractivity contribution in [1.82, 2.24) is 10.3 Å². The number of benzene rings is 2. The Morgan fingerprint density at radius 2 is 1.81 bits per heavy atom. The maximum atomic E-state index is 13.5. The number of carbonyl (C=O) groups excluding carboxylic acids is 1. The van der Waals surface area contributed by atoms with Crippen LogP contribution in [-0.2, 0) is 0 Å². The van der Waals surface area contributed by atoms with E-state index in [4.69, 9.17) is 4.98 Å². The first-order valence-corrected chi connectivity index (χ1v) is 12.7. The maximum Gasteiger partial charge on any atom is 0.252 e. The lowest BCUT2D eigenvalue weighted by Gasteiger charge is -2.28. The van der Waals surface area contributed by atoms with E-state index in [1.54, 1.807) is 0 Å². The quantitative estimate of drug-likeness (QED) is 0.406. The normalized spacial score (nSPS) is 23.1. The largest absolute Gasteiger partial charge is 0.349 e. The Labute approximate surface area is 199 Å². The summed E-state index contributed by atoms with van der Waals surface area (Å²) in [6, 6.07) is 16.7. The van der Waals surface area contributed by atoms with E-state index < -0.39 is 0 Å². The van der Waals surface area contributed by atoms with E-state index in [-0.39, 0.29) is 11.9 Å². The summed E-state index contributed by atoms with van der Waals surface area (Å²) in [6.45, 7) is 6.58. The molecule has 0 aliphatic heterocycles. The van der Waals surface area contributed by atoms with E-state index in [2.05, 4.69) is 66.3 Å². The SMILES string of the molecule is CC(C)c1ccc(-c2cc(C(=O)NC(C)C3CC4CCC3C4)c3cc(Br)ccc3n2)cc1. The van der Waals surface area contributed by atoms with Crippen molar-refractivity contribution in [3.63, 3.8) is 0 Å². The van der Waals surface area contributed by atoms with Gasteiger partial charge in [-0.25, -0.2) is 4.98 Å². The van der Waals surface area contributed by atoms with Gasteiger partial charge in [-0.2, -0.15) is 0 Å². The number of fused-ring (bicyclic) bond motifs is 3. The molecule has 3 aromatic rings. The van der Waals surface area contributed by atoms with Crippen LogP contribution in [0, 0.1) is 17.8 Å². The molecule has 0 spiro atoms. The lowest BCUT2D eigenvalue weighted by atomic mass is 9.84. The van der Waals surface area contributed by atoms with E-state index >= 15 is 0 Å². The standard InChI is InChI=1S/C28H31BrN2O/c1-16(2)19-6-8-20(9-7-19)27-15-25(24-14-22(29)10-11-26(24)31-27)28(32)30-17(3)23-13-18-4-5-21(23)12-18/h6-11,14-18,21,23H,4-5,12-13H2,1-3H3,(H,30,32). The lowest BCUT2D eigenvalue weighted by Crippen LogP contribution is -2.40. The third-order valence-electron chi connectivity index (χ3n) is 7.68. The van der Waals surface area contributed by atoms with Crippen LogP contribution in [0.25, 0.3) is 22.2 Å². The number of hydrogen-bond acceptors (Lipinski definition) is 2. The third kappa shape index (κ3) is 4.10. The second kappa shape index (κ2) is 8.62. The Morgan fingerprint density at radius 3 is 2.47 bits per heavy atom. The van der Waals surface area contributed by atoms with Crippen LogP contribution in [0.2, 0.25) is 0 Å². The summed E-state index contributed by atoms with van der Waals surface area (Å²) in [5.74, 6) is 2.77. The second-order valence-electron chi connectivity index (χ2n) is 10.1. The van der Waals surface area contributed by atoms with Gasteiger partial charge in [0.15, 0.2) is 0 Å². The van der Waals surface area contributed by atoms with E-state index in [1.165, 1.54) is 31.2 Å². The van der Waals surface area contributed by atoms with Gasteiger partial charge in [0, 0.05) is 21.5 Å². The minimum atomic E-state index is 0.00539. The zero-order valence-corrected chi connectivity index (χ0v) is 20.7. The van der Waals surface area contributed by atoms with Crippen LogP contribution in [0.1, 0.15) is 68.3 Å². The van der Waals surface area contributed by atoms with Gasteiger partial charge in [0.1, 0.15) is 0 Å². The van der Waals surface area contributed by atoms with Gasteiger partial charge in [-0.15, -0.1) is 0 Å². The molecule has 3 nitrogen and oxygen atoms in total. The molecule has 32 heavy (non-hydrogen) atoms. The fourth-order valence-electron chi connectivity index (χ4n) is 5.87. The second-order valence-corrected chi connectivity index (χ2v) is 11.0. The average molecular weight is 491 g/mol. The highest BCUT2D eigenvalue weighted by molar-refractivity contribution is 9.10. The lowest BCUT2D eigenvalue weighted by molar-refractivity contribution is 0.0917. The van der Waals surface area contributed by atoms with Gasteiger partial charge in [0.25, 0.3) is 5.91 Å². The molecule has 2 aliphatic rings. The number of rotatable bonds is 5. The summed E-state index contributed by atoms with van der Waals surface area (Å²) in [5.41, 5.74) is 4.73. The number of carbonyl (C=O) groups is 1. The molecule has 1 amide bonds. The predicted octanol–water partition coefficient (Wildman–Crippen LogP) is 7.34. The fraction of sp³-hybridized carbons (Fsp3) is 0.429. The number of aromatic nitrogens is 1. The molecular formula is C28H31BrN2O. The molecule has 2 aromatic carbocycles. The number of nitrogens with one attached hydrogen (secondary N) is 1. The average Bonchev–Trinajstić information content (AvgIpc) is 3.42. The minimum Gasteiger partial charge on any atom is -0.349 e. The van der Waals surface area contributed by atoms with Gasteiger partial charge in [0.05, 0.1) is 16.8 Å². The molecule has 1 N–H and O–H groups in total. The summed E-state index contributed by atoms with van der Waals surface area (Å²) in [6.07, 6.45) is 5.33. The van der Waals surface area contributed by atoms with Crippen LogP contribution in [0.5, 0.6) is 0 Å². The zero-order chi connectivity index (χ0) is 22.4. The number of nitrogens with zero attached hydrogens (tertiary/aromatic N) is 1. The topological polar surface area (TPSA) is 42.0 Å². The van der Waals surface area contributed by atoms with Crippen LogP contribution in [-0.4, -0.2) is 16.9 Å². The van der Waals surface area contributed by atoms with Crippen LogP contribution in [0.4, 0.5) is 0 Å². The van der Waals surface area contributed by atoms with E-state index in [0.717, 1.165) is 38.5 Å². The molecule has 0 radical (unpaired) electrons. The van der Waals surface area contributed by atoms with Gasteiger partial charge < -0.3 is 5.32 Å². The molecule has 2 aliphatic carbocycles. The van der Waals surface area contributed by atoms with Crippen LogP contribution < -0.4 is 5.32 Å². The van der Waals surface area contributed by atoms with E-state index in [1.807, 2.05) is 24.3 Å². The highest BCUT2D eigenvalue weighted by atomic mass is 79.9. The first-order chi connectivity index (χ1) is 15.4. The molecule has 4 atom stereocenters. The maximum absolute atomic E-state index is 13.5. The number of hydrogen-bond donors (Lipinski definition) is 1. The van der Waals surface area contributed by atoms with Crippen LogP contribution >= 0.6 is 15.9 Å². The molecule has 2 fully saturated rings. The Balaban J connectivity index is 1.49. The fourth-order valence-corrected chi connectivity index (χ4v) is 6.23. The first kappa shape index (κ1) is 21.6. The summed E-state index contributed by atoms with van der Waals surface area (Å²) >= 11 is 3.57. The molecule has 5 rings (SSSR count). The Bertz CT molecular complexity index is 1150. The Hall–Kier alpha value is -2.20. The smallest absolute Gasteiger partial charge is 0.252 e. The third-order valence-corrected chi connectivity index (χ3v) is 8.18. The van der Waals surface area contributed by atoms with Crippen molar-refractivity contribution in [1.29, 1.82) is 0 Å². The van der Waals surface area contributed by atoms with Crippen molar-refractivity contribution in [3.8, 4) is 11.3 Å². The molecular weight excluding hydrogens is 460 g/mol. The molecule has 1 heterocycles. The van der Waals surface area contributed by atoms with Crippen molar-refractivity contribution in [2.45, 2.75) is 58.4 Å². The van der Waals surface area contributed by atoms with Gasteiger partial charge in [0.2, 0.25) is 0 Å². The van der Waals surface area contributed by atoms with Gasteiger partial charge in [-0.1, -0.05) is 60.5 Å². The van der Waals surface area contributed by atoms with Crippen molar-refractivity contribution >= 4 is 32.7 Å². The zero-order valence-electron chi connectivity index (χ0n) is 19.1. The van der Waals surface area contributed by atoms with Crippen LogP contribution in [0.15, 0.2) is 53.0 Å². The molecule has 2 saturated carbocycles. The van der Waals surface area contributed by atoms with Crippen molar-refractivity contribution in [2.24, 2.45) is 17.8 Å². The molecule has 4 unspecified atom stereocenters. The van der Waals surface area contributed by atoms with Crippen molar-refractivity contribution in [2.75, 3.05) is 0 Å². The summed E-state index contributed by atoms with van der Waals surface area (Å²) in [5, 5.41) is 4.24. The first-order valence-electron chi connectivity index (χ1n) is 11.9. The molecule has 0 saturated heterocycles. The summed E-state index contributed by atoms with van der Waals surface area (Å²) < 4.78 is 0.955. The number of halogens is 1. The molecule has 1 aromatic heterocycles. The Morgan fingerprint density at radius 1 is 1.03 bits per heavy atom. The summed E-state index contributed by atoms with van der Waals surface area (Å²) in [4.78, 5) is 18.4. The van der Waals surface area contributed by atoms with Crippen molar-refractivity contribution < 1.29 is 4.79 Å². The highest BCUT2D eigenvalue weighted by Crippen LogP contribution is 2.49. The molecule has 4 heteroatoms.